The number of aryl methyl sites for hydroxylation is 1. The fourth-order valence-corrected chi connectivity index (χ4v) is 3.15. The minimum absolute atomic E-state index is 0.0453. The molecule has 0 saturated carbocycles. The SMILES string of the molecule is CN(Cc1cc(-c2ccccc2)no1)C(=O)c1ccc2c(c1)CCCO2. The predicted molar refractivity (Wildman–Crippen MR) is 98.0 cm³/mol. The van der Waals surface area contributed by atoms with Crippen molar-refractivity contribution in [3.63, 3.8) is 0 Å². The monoisotopic (exact) mass is 348 g/mol. The van der Waals surface area contributed by atoms with Gasteiger partial charge in [0.2, 0.25) is 0 Å². The van der Waals surface area contributed by atoms with E-state index in [1.165, 1.54) is 0 Å². The lowest BCUT2D eigenvalue weighted by atomic mass is 10.0. The lowest BCUT2D eigenvalue weighted by Gasteiger charge is -2.20. The Balaban J connectivity index is 1.47. The Bertz CT molecular complexity index is 918. The molecule has 1 amide bonds. The van der Waals surface area contributed by atoms with Crippen LogP contribution >= 0.6 is 0 Å². The highest BCUT2D eigenvalue weighted by Gasteiger charge is 2.18. The molecule has 0 bridgehead atoms. The molecule has 2 aromatic carbocycles. The molecule has 0 N–H and O–H groups in total. The molecular formula is C21H20N2O3. The average molecular weight is 348 g/mol. The first-order chi connectivity index (χ1) is 12.7. The van der Waals surface area contributed by atoms with E-state index in [9.17, 15) is 4.79 Å². The van der Waals surface area contributed by atoms with Crippen molar-refractivity contribution in [3.05, 3.63) is 71.5 Å². The highest BCUT2D eigenvalue weighted by molar-refractivity contribution is 5.94. The van der Waals surface area contributed by atoms with Gasteiger partial charge < -0.3 is 14.2 Å². The summed E-state index contributed by atoms with van der Waals surface area (Å²) in [6.07, 6.45) is 1.93. The number of nitrogens with zero attached hydrogens (tertiary/aromatic N) is 2. The maximum atomic E-state index is 12.7. The first-order valence-corrected chi connectivity index (χ1v) is 8.73. The van der Waals surface area contributed by atoms with Gasteiger partial charge in [-0.3, -0.25) is 4.79 Å². The molecular weight excluding hydrogens is 328 g/mol. The minimum Gasteiger partial charge on any atom is -0.493 e. The predicted octanol–water partition coefficient (Wildman–Crippen LogP) is 3.94. The molecule has 1 aliphatic heterocycles. The lowest BCUT2D eigenvalue weighted by molar-refractivity contribution is 0.0772. The third kappa shape index (κ3) is 3.33. The first kappa shape index (κ1) is 16.4. The summed E-state index contributed by atoms with van der Waals surface area (Å²) < 4.78 is 11.0. The van der Waals surface area contributed by atoms with E-state index >= 15 is 0 Å². The summed E-state index contributed by atoms with van der Waals surface area (Å²) in [5, 5.41) is 4.10. The van der Waals surface area contributed by atoms with Gasteiger partial charge in [-0.2, -0.15) is 0 Å². The van der Waals surface area contributed by atoms with Gasteiger partial charge in [0.15, 0.2) is 5.76 Å². The van der Waals surface area contributed by atoms with Crippen molar-refractivity contribution in [2.45, 2.75) is 19.4 Å². The van der Waals surface area contributed by atoms with Gasteiger partial charge in [0, 0.05) is 24.2 Å². The van der Waals surface area contributed by atoms with E-state index in [1.807, 2.05) is 54.6 Å². The number of carbonyl (C=O) groups excluding carboxylic acids is 1. The number of benzene rings is 2. The Hall–Kier alpha value is -3.08. The number of carbonyl (C=O) groups is 1. The van der Waals surface area contributed by atoms with Crippen molar-refractivity contribution in [1.29, 1.82) is 0 Å². The van der Waals surface area contributed by atoms with Crippen LogP contribution in [0.2, 0.25) is 0 Å². The molecule has 5 heteroatoms. The second-order valence-electron chi connectivity index (χ2n) is 6.48. The third-order valence-corrected chi connectivity index (χ3v) is 4.52. The van der Waals surface area contributed by atoms with Crippen LogP contribution in [0.1, 0.15) is 28.1 Å². The number of hydrogen-bond donors (Lipinski definition) is 0. The van der Waals surface area contributed by atoms with Crippen LogP contribution in [0.3, 0.4) is 0 Å². The van der Waals surface area contributed by atoms with Crippen LogP contribution in [0.15, 0.2) is 59.1 Å². The Morgan fingerprint density at radius 3 is 2.85 bits per heavy atom. The zero-order valence-electron chi connectivity index (χ0n) is 14.6. The van der Waals surface area contributed by atoms with Gasteiger partial charge in [-0.25, -0.2) is 0 Å². The van der Waals surface area contributed by atoms with Crippen LogP contribution in [0.25, 0.3) is 11.3 Å². The molecule has 1 aromatic heterocycles. The lowest BCUT2D eigenvalue weighted by Crippen LogP contribution is -2.26. The first-order valence-electron chi connectivity index (χ1n) is 8.73. The topological polar surface area (TPSA) is 55.6 Å². The number of ether oxygens (including phenoxy) is 1. The average Bonchev–Trinajstić information content (AvgIpc) is 3.16. The quantitative estimate of drug-likeness (QED) is 0.717. The summed E-state index contributed by atoms with van der Waals surface area (Å²) >= 11 is 0. The summed E-state index contributed by atoms with van der Waals surface area (Å²) in [4.78, 5) is 14.4. The molecule has 132 valence electrons. The Morgan fingerprint density at radius 1 is 1.15 bits per heavy atom. The number of hydrogen-bond acceptors (Lipinski definition) is 4. The van der Waals surface area contributed by atoms with Crippen LogP contribution < -0.4 is 4.74 Å². The van der Waals surface area contributed by atoms with Gasteiger partial charge in [0.25, 0.3) is 5.91 Å². The van der Waals surface area contributed by atoms with Crippen molar-refractivity contribution in [1.82, 2.24) is 10.1 Å². The molecule has 0 radical (unpaired) electrons. The molecule has 0 atom stereocenters. The largest absolute Gasteiger partial charge is 0.493 e. The van der Waals surface area contributed by atoms with E-state index in [4.69, 9.17) is 9.26 Å². The normalized spacial score (nSPS) is 13.0. The van der Waals surface area contributed by atoms with E-state index in [2.05, 4.69) is 5.16 Å². The molecule has 0 saturated heterocycles. The number of fused-ring (bicyclic) bond motifs is 1. The van der Waals surface area contributed by atoms with E-state index in [-0.39, 0.29) is 5.91 Å². The second-order valence-corrected chi connectivity index (χ2v) is 6.48. The molecule has 0 unspecified atom stereocenters. The maximum Gasteiger partial charge on any atom is 0.254 e. The molecule has 5 nitrogen and oxygen atoms in total. The fraction of sp³-hybridized carbons (Fsp3) is 0.238. The van der Waals surface area contributed by atoms with Crippen LogP contribution in [0.4, 0.5) is 0 Å². The fourth-order valence-electron chi connectivity index (χ4n) is 3.15. The van der Waals surface area contributed by atoms with E-state index < -0.39 is 0 Å². The third-order valence-electron chi connectivity index (χ3n) is 4.52. The van der Waals surface area contributed by atoms with Crippen LogP contribution in [0, 0.1) is 0 Å². The van der Waals surface area contributed by atoms with Crippen molar-refractivity contribution < 1.29 is 14.1 Å². The standard InChI is InChI=1S/C21H20N2O3/c1-23(14-18-13-19(22-26-18)15-6-3-2-4-7-15)21(24)17-9-10-20-16(12-17)8-5-11-25-20/h2-4,6-7,9-10,12-13H,5,8,11,14H2,1H3. The van der Waals surface area contributed by atoms with Gasteiger partial charge >= 0.3 is 0 Å². The Labute approximate surface area is 152 Å². The minimum atomic E-state index is -0.0453. The van der Waals surface area contributed by atoms with Gasteiger partial charge in [0.1, 0.15) is 11.4 Å². The summed E-state index contributed by atoms with van der Waals surface area (Å²) in [7, 11) is 1.77. The van der Waals surface area contributed by atoms with Gasteiger partial charge in [-0.1, -0.05) is 35.5 Å². The zero-order chi connectivity index (χ0) is 17.9. The highest BCUT2D eigenvalue weighted by atomic mass is 16.5. The van der Waals surface area contributed by atoms with Crippen molar-refractivity contribution in [2.75, 3.05) is 13.7 Å². The Kier molecular flexibility index (Phi) is 4.44. The van der Waals surface area contributed by atoms with Crippen molar-refractivity contribution in [3.8, 4) is 17.0 Å². The van der Waals surface area contributed by atoms with Crippen molar-refractivity contribution >= 4 is 5.91 Å². The highest BCUT2D eigenvalue weighted by Crippen LogP contribution is 2.26. The van der Waals surface area contributed by atoms with Gasteiger partial charge in [-0.15, -0.1) is 0 Å². The summed E-state index contributed by atoms with van der Waals surface area (Å²) in [6, 6.07) is 17.3. The molecule has 0 fully saturated rings. The van der Waals surface area contributed by atoms with Crippen LogP contribution in [0.5, 0.6) is 5.75 Å². The molecule has 0 spiro atoms. The van der Waals surface area contributed by atoms with E-state index in [0.29, 0.717) is 17.9 Å². The number of rotatable bonds is 4. The number of aromatic nitrogens is 1. The van der Waals surface area contributed by atoms with Crippen molar-refractivity contribution in [2.24, 2.45) is 0 Å². The summed E-state index contributed by atoms with van der Waals surface area (Å²) in [5.41, 5.74) is 3.53. The molecule has 0 aliphatic carbocycles. The summed E-state index contributed by atoms with van der Waals surface area (Å²) in [6.45, 7) is 1.11. The van der Waals surface area contributed by atoms with Crippen LogP contribution in [-0.2, 0) is 13.0 Å². The molecule has 3 aromatic rings. The molecule has 26 heavy (non-hydrogen) atoms. The zero-order valence-corrected chi connectivity index (χ0v) is 14.6. The van der Waals surface area contributed by atoms with Gasteiger partial charge in [0.05, 0.1) is 13.2 Å². The maximum absolute atomic E-state index is 12.7. The number of amides is 1. The van der Waals surface area contributed by atoms with E-state index in [0.717, 1.165) is 42.0 Å². The van der Waals surface area contributed by atoms with Crippen LogP contribution in [-0.4, -0.2) is 29.6 Å². The second kappa shape index (κ2) is 7.04. The smallest absolute Gasteiger partial charge is 0.254 e. The Morgan fingerprint density at radius 2 is 2.00 bits per heavy atom. The van der Waals surface area contributed by atoms with Gasteiger partial charge in [-0.05, 0) is 36.6 Å². The molecule has 1 aliphatic rings. The van der Waals surface area contributed by atoms with E-state index in [1.54, 1.807) is 11.9 Å². The summed E-state index contributed by atoms with van der Waals surface area (Å²) in [5.74, 6) is 1.50. The molecule has 4 rings (SSSR count). The molecule has 2 heterocycles.